The number of aliphatic hydroxyl groups is 2. The largest absolute Gasteiger partial charge is 0.396 e. The smallest absolute Gasteiger partial charge is 0.223 e. The molecule has 0 aromatic heterocycles. The van der Waals surface area contributed by atoms with Crippen LogP contribution in [0.3, 0.4) is 0 Å². The minimum atomic E-state index is -0.0657. The molecule has 0 bridgehead atoms. The van der Waals surface area contributed by atoms with Gasteiger partial charge in [-0.3, -0.25) is 4.79 Å². The van der Waals surface area contributed by atoms with Gasteiger partial charge in [0.2, 0.25) is 5.91 Å². The highest BCUT2D eigenvalue weighted by Crippen LogP contribution is 2.20. The highest BCUT2D eigenvalue weighted by atomic mass is 16.3. The molecule has 13 heavy (non-hydrogen) atoms. The number of nitrogens with zero attached hydrogens (tertiary/aromatic N) is 1. The van der Waals surface area contributed by atoms with Crippen molar-refractivity contribution in [2.45, 2.75) is 25.8 Å². The first-order valence-corrected chi connectivity index (χ1v) is 4.74. The van der Waals surface area contributed by atoms with Crippen LogP contribution in [0.25, 0.3) is 0 Å². The second-order valence-electron chi connectivity index (χ2n) is 3.54. The maximum Gasteiger partial charge on any atom is 0.223 e. The van der Waals surface area contributed by atoms with Crippen LogP contribution in [-0.4, -0.2) is 46.8 Å². The van der Waals surface area contributed by atoms with E-state index in [4.69, 9.17) is 10.2 Å². The van der Waals surface area contributed by atoms with E-state index in [0.29, 0.717) is 13.0 Å². The van der Waals surface area contributed by atoms with Crippen LogP contribution in [0.2, 0.25) is 0 Å². The molecule has 2 atom stereocenters. The minimum Gasteiger partial charge on any atom is -0.396 e. The Bertz CT molecular complexity index is 180. The average molecular weight is 187 g/mol. The van der Waals surface area contributed by atoms with E-state index >= 15 is 0 Å². The van der Waals surface area contributed by atoms with Gasteiger partial charge in [0, 0.05) is 25.5 Å². The molecule has 0 aliphatic carbocycles. The van der Waals surface area contributed by atoms with Crippen molar-refractivity contribution >= 4 is 5.91 Å². The predicted octanol–water partition coefficient (Wildman–Crippen LogP) is -0.402. The van der Waals surface area contributed by atoms with Gasteiger partial charge in [0.25, 0.3) is 0 Å². The quantitative estimate of drug-likeness (QED) is 0.629. The lowest BCUT2D eigenvalue weighted by Crippen LogP contribution is -2.38. The molecule has 1 rings (SSSR count). The summed E-state index contributed by atoms with van der Waals surface area (Å²) in [4.78, 5) is 13.1. The molecule has 4 heteroatoms. The van der Waals surface area contributed by atoms with E-state index in [0.717, 1.165) is 6.42 Å². The van der Waals surface area contributed by atoms with E-state index in [2.05, 4.69) is 0 Å². The molecule has 1 saturated heterocycles. The number of likely N-dealkylation sites (tertiary alicyclic amines) is 1. The second-order valence-corrected chi connectivity index (χ2v) is 3.54. The maximum atomic E-state index is 11.4. The Labute approximate surface area is 78.2 Å². The predicted molar refractivity (Wildman–Crippen MR) is 48.1 cm³/mol. The van der Waals surface area contributed by atoms with Crippen LogP contribution in [0.1, 0.15) is 19.8 Å². The standard InChI is InChI=1S/C9H17NO3/c1-2-8(6-12)10-4-7(5-11)3-9(10)13/h7-8,11-12H,2-6H2,1H3. The van der Waals surface area contributed by atoms with Gasteiger partial charge in [-0.2, -0.15) is 0 Å². The SMILES string of the molecule is CCC(CO)N1CC(CO)CC1=O. The molecule has 2 N–H and O–H groups in total. The molecule has 0 radical (unpaired) electrons. The number of amides is 1. The third kappa shape index (κ3) is 2.19. The number of hydrogen-bond acceptors (Lipinski definition) is 3. The van der Waals surface area contributed by atoms with E-state index in [9.17, 15) is 4.79 Å². The van der Waals surface area contributed by atoms with E-state index in [-0.39, 0.29) is 31.1 Å². The normalized spacial score (nSPS) is 25.3. The summed E-state index contributed by atoms with van der Waals surface area (Å²) in [5.41, 5.74) is 0. The molecule has 1 aliphatic heterocycles. The van der Waals surface area contributed by atoms with Crippen molar-refractivity contribution in [2.75, 3.05) is 19.8 Å². The van der Waals surface area contributed by atoms with Crippen molar-refractivity contribution in [1.82, 2.24) is 4.90 Å². The number of rotatable bonds is 4. The molecule has 1 fully saturated rings. The molecular weight excluding hydrogens is 170 g/mol. The molecule has 0 spiro atoms. The Morgan fingerprint density at radius 2 is 2.31 bits per heavy atom. The van der Waals surface area contributed by atoms with Gasteiger partial charge in [-0.1, -0.05) is 6.92 Å². The van der Waals surface area contributed by atoms with Gasteiger partial charge in [0.05, 0.1) is 12.6 Å². The van der Waals surface area contributed by atoms with Crippen molar-refractivity contribution in [1.29, 1.82) is 0 Å². The van der Waals surface area contributed by atoms with E-state index < -0.39 is 0 Å². The van der Waals surface area contributed by atoms with Gasteiger partial charge >= 0.3 is 0 Å². The van der Waals surface area contributed by atoms with Crippen LogP contribution in [0, 0.1) is 5.92 Å². The molecule has 76 valence electrons. The lowest BCUT2D eigenvalue weighted by molar-refractivity contribution is -0.130. The lowest BCUT2D eigenvalue weighted by Gasteiger charge is -2.25. The molecule has 1 amide bonds. The number of aliphatic hydroxyl groups excluding tert-OH is 2. The Morgan fingerprint density at radius 3 is 2.69 bits per heavy atom. The minimum absolute atomic E-state index is 0.0143. The third-order valence-electron chi connectivity index (χ3n) is 2.62. The Kier molecular flexibility index (Phi) is 3.69. The molecule has 0 aromatic rings. The Hall–Kier alpha value is -0.610. The molecule has 4 nitrogen and oxygen atoms in total. The Morgan fingerprint density at radius 1 is 1.62 bits per heavy atom. The molecule has 0 aromatic carbocycles. The van der Waals surface area contributed by atoms with E-state index in [1.807, 2.05) is 6.92 Å². The van der Waals surface area contributed by atoms with Crippen LogP contribution < -0.4 is 0 Å². The summed E-state index contributed by atoms with van der Waals surface area (Å²) in [6.07, 6.45) is 1.19. The topological polar surface area (TPSA) is 60.8 Å². The molecular formula is C9H17NO3. The summed E-state index contributed by atoms with van der Waals surface area (Å²) in [5, 5.41) is 17.9. The first-order valence-electron chi connectivity index (χ1n) is 4.74. The van der Waals surface area contributed by atoms with Crippen molar-refractivity contribution in [3.05, 3.63) is 0 Å². The van der Waals surface area contributed by atoms with Crippen LogP contribution in [0.15, 0.2) is 0 Å². The zero-order valence-corrected chi connectivity index (χ0v) is 7.94. The van der Waals surface area contributed by atoms with Crippen molar-refractivity contribution < 1.29 is 15.0 Å². The summed E-state index contributed by atoms with van der Waals surface area (Å²) in [6.45, 7) is 2.61. The van der Waals surface area contributed by atoms with Crippen LogP contribution in [0.5, 0.6) is 0 Å². The first-order chi connectivity index (χ1) is 6.22. The third-order valence-corrected chi connectivity index (χ3v) is 2.62. The van der Waals surface area contributed by atoms with E-state index in [1.54, 1.807) is 4.90 Å². The lowest BCUT2D eigenvalue weighted by atomic mass is 10.1. The van der Waals surface area contributed by atoms with Crippen LogP contribution >= 0.6 is 0 Å². The summed E-state index contributed by atoms with van der Waals surface area (Å²) < 4.78 is 0. The highest BCUT2D eigenvalue weighted by molar-refractivity contribution is 5.79. The van der Waals surface area contributed by atoms with Gasteiger partial charge in [0.15, 0.2) is 0 Å². The van der Waals surface area contributed by atoms with Crippen molar-refractivity contribution in [3.63, 3.8) is 0 Å². The fourth-order valence-corrected chi connectivity index (χ4v) is 1.73. The molecule has 2 unspecified atom stereocenters. The number of hydrogen-bond donors (Lipinski definition) is 2. The number of carbonyl (C=O) groups excluding carboxylic acids is 1. The van der Waals surface area contributed by atoms with Crippen LogP contribution in [-0.2, 0) is 4.79 Å². The first kappa shape index (κ1) is 10.5. The zero-order chi connectivity index (χ0) is 9.84. The fourth-order valence-electron chi connectivity index (χ4n) is 1.73. The maximum absolute atomic E-state index is 11.4. The summed E-state index contributed by atoms with van der Waals surface area (Å²) in [7, 11) is 0. The fraction of sp³-hybridized carbons (Fsp3) is 0.889. The summed E-state index contributed by atoms with van der Waals surface area (Å²) in [5.74, 6) is 0.119. The highest BCUT2D eigenvalue weighted by Gasteiger charge is 2.32. The average Bonchev–Trinajstić information content (AvgIpc) is 2.50. The number of carbonyl (C=O) groups is 1. The van der Waals surface area contributed by atoms with Gasteiger partial charge < -0.3 is 15.1 Å². The molecule has 0 saturated carbocycles. The Balaban J connectivity index is 2.55. The van der Waals surface area contributed by atoms with Gasteiger partial charge in [-0.15, -0.1) is 0 Å². The molecule has 1 aliphatic rings. The molecule has 1 heterocycles. The zero-order valence-electron chi connectivity index (χ0n) is 7.94. The second kappa shape index (κ2) is 4.58. The van der Waals surface area contributed by atoms with Crippen LogP contribution in [0.4, 0.5) is 0 Å². The van der Waals surface area contributed by atoms with Crippen molar-refractivity contribution in [2.24, 2.45) is 5.92 Å². The summed E-state index contributed by atoms with van der Waals surface area (Å²) in [6, 6.07) is -0.0657. The van der Waals surface area contributed by atoms with E-state index in [1.165, 1.54) is 0 Å². The monoisotopic (exact) mass is 187 g/mol. The van der Waals surface area contributed by atoms with Gasteiger partial charge in [-0.05, 0) is 6.42 Å². The van der Waals surface area contributed by atoms with Crippen molar-refractivity contribution in [3.8, 4) is 0 Å². The van der Waals surface area contributed by atoms with Gasteiger partial charge in [0.1, 0.15) is 0 Å². The van der Waals surface area contributed by atoms with Gasteiger partial charge in [-0.25, -0.2) is 0 Å². The summed E-state index contributed by atoms with van der Waals surface area (Å²) >= 11 is 0.